The van der Waals surface area contributed by atoms with Crippen LogP contribution in [0.2, 0.25) is 5.02 Å². The van der Waals surface area contributed by atoms with E-state index in [0.29, 0.717) is 22.8 Å². The van der Waals surface area contributed by atoms with Crippen molar-refractivity contribution in [3.05, 3.63) is 87.3 Å². The monoisotopic (exact) mass is 434 g/mol. The number of pyridine rings is 1. The predicted octanol–water partition coefficient (Wildman–Crippen LogP) is 5.05. The van der Waals surface area contributed by atoms with Gasteiger partial charge in [-0.25, -0.2) is 4.68 Å². The average molecular weight is 435 g/mol. The number of carbonyl (C=O) groups excluding carboxylic acids is 1. The molecule has 7 heteroatoms. The Kier molecular flexibility index (Phi) is 5.65. The first-order valence-electron chi connectivity index (χ1n) is 10.1. The molecule has 0 bridgehead atoms. The zero-order chi connectivity index (χ0) is 22.1. The number of hydrogen-bond acceptors (Lipinski definition) is 3. The van der Waals surface area contributed by atoms with E-state index in [1.807, 2.05) is 51.1 Å². The maximum Gasteiger partial charge on any atom is 0.253 e. The van der Waals surface area contributed by atoms with Gasteiger partial charge in [-0.3, -0.25) is 14.2 Å². The molecule has 0 saturated heterocycles. The molecule has 0 saturated carbocycles. The first-order chi connectivity index (χ1) is 14.9. The van der Waals surface area contributed by atoms with E-state index >= 15 is 0 Å². The summed E-state index contributed by atoms with van der Waals surface area (Å²) in [5, 5.41) is 8.88. The van der Waals surface area contributed by atoms with E-state index in [2.05, 4.69) is 5.32 Å². The second-order valence-corrected chi connectivity index (χ2v) is 7.87. The number of fused-ring (bicyclic) bond motifs is 1. The van der Waals surface area contributed by atoms with Gasteiger partial charge in [0.1, 0.15) is 11.7 Å². The van der Waals surface area contributed by atoms with Gasteiger partial charge < -0.3 is 5.32 Å². The van der Waals surface area contributed by atoms with Crippen molar-refractivity contribution in [2.24, 2.45) is 0 Å². The molecule has 6 nitrogen and oxygen atoms in total. The van der Waals surface area contributed by atoms with Crippen LogP contribution in [0.3, 0.4) is 0 Å². The van der Waals surface area contributed by atoms with Crippen LogP contribution in [0.5, 0.6) is 0 Å². The Morgan fingerprint density at radius 2 is 1.77 bits per heavy atom. The summed E-state index contributed by atoms with van der Waals surface area (Å²) >= 11 is 6.22. The molecule has 0 aliphatic carbocycles. The Hall–Kier alpha value is -3.38. The van der Waals surface area contributed by atoms with Crippen LogP contribution in [-0.4, -0.2) is 20.3 Å². The molecule has 1 unspecified atom stereocenters. The highest BCUT2D eigenvalue weighted by atomic mass is 35.5. The van der Waals surface area contributed by atoms with Crippen LogP contribution in [-0.2, 0) is 4.79 Å². The van der Waals surface area contributed by atoms with Crippen molar-refractivity contribution in [1.82, 2.24) is 14.3 Å². The van der Waals surface area contributed by atoms with Gasteiger partial charge in [-0.2, -0.15) is 5.10 Å². The zero-order valence-corrected chi connectivity index (χ0v) is 18.3. The second kappa shape index (κ2) is 8.40. The number of para-hydroxylation sites is 2. The summed E-state index contributed by atoms with van der Waals surface area (Å²) in [4.78, 5) is 26.5. The fourth-order valence-corrected chi connectivity index (χ4v) is 4.13. The number of hydrogen-bond donors (Lipinski definition) is 1. The van der Waals surface area contributed by atoms with Crippen LogP contribution in [0.1, 0.15) is 30.6 Å². The SMILES string of the molecule is CCC(C(=O)Nc1ccccc1Cl)n1c(=O)cc(C)c2c(C)nn(-c3ccccc3)c21. The molecule has 1 atom stereocenters. The van der Waals surface area contributed by atoms with E-state index in [1.54, 1.807) is 39.6 Å². The van der Waals surface area contributed by atoms with Crippen LogP contribution in [0.4, 0.5) is 5.69 Å². The van der Waals surface area contributed by atoms with Crippen molar-refractivity contribution in [3.8, 4) is 5.69 Å². The van der Waals surface area contributed by atoms with Gasteiger partial charge in [-0.05, 0) is 50.1 Å². The molecule has 0 fully saturated rings. The number of benzene rings is 2. The van der Waals surface area contributed by atoms with Crippen molar-refractivity contribution >= 4 is 34.2 Å². The van der Waals surface area contributed by atoms with Crippen LogP contribution >= 0.6 is 11.6 Å². The fraction of sp³-hybridized carbons (Fsp3) is 0.208. The van der Waals surface area contributed by atoms with Crippen molar-refractivity contribution in [2.45, 2.75) is 33.2 Å². The molecule has 158 valence electrons. The lowest BCUT2D eigenvalue weighted by molar-refractivity contribution is -0.119. The number of rotatable bonds is 5. The molecule has 2 aromatic heterocycles. The Morgan fingerprint density at radius 3 is 2.45 bits per heavy atom. The summed E-state index contributed by atoms with van der Waals surface area (Å²) in [5.41, 5.74) is 3.32. The fourth-order valence-electron chi connectivity index (χ4n) is 3.94. The van der Waals surface area contributed by atoms with Gasteiger partial charge in [-0.1, -0.05) is 48.9 Å². The highest BCUT2D eigenvalue weighted by Gasteiger charge is 2.26. The summed E-state index contributed by atoms with van der Waals surface area (Å²) in [5.74, 6) is -0.304. The molecule has 2 aromatic carbocycles. The lowest BCUT2D eigenvalue weighted by Crippen LogP contribution is -2.34. The first-order valence-corrected chi connectivity index (χ1v) is 10.5. The molecule has 0 aliphatic heterocycles. The second-order valence-electron chi connectivity index (χ2n) is 7.46. The minimum absolute atomic E-state index is 0.247. The molecule has 0 spiro atoms. The number of halogens is 1. The van der Waals surface area contributed by atoms with Crippen molar-refractivity contribution in [2.75, 3.05) is 5.32 Å². The van der Waals surface area contributed by atoms with Gasteiger partial charge in [0.15, 0.2) is 0 Å². The van der Waals surface area contributed by atoms with E-state index in [-0.39, 0.29) is 11.5 Å². The van der Waals surface area contributed by atoms with Gasteiger partial charge >= 0.3 is 0 Å². The predicted molar refractivity (Wildman–Crippen MR) is 124 cm³/mol. The smallest absolute Gasteiger partial charge is 0.253 e. The third kappa shape index (κ3) is 3.75. The summed E-state index contributed by atoms with van der Waals surface area (Å²) in [6, 6.07) is 17.5. The van der Waals surface area contributed by atoms with Crippen LogP contribution in [0.25, 0.3) is 16.7 Å². The molecule has 0 aliphatic rings. The van der Waals surface area contributed by atoms with Crippen molar-refractivity contribution in [1.29, 1.82) is 0 Å². The molecule has 1 amide bonds. The lowest BCUT2D eigenvalue weighted by atomic mass is 10.1. The maximum atomic E-state index is 13.3. The quantitative estimate of drug-likeness (QED) is 0.478. The van der Waals surface area contributed by atoms with E-state index in [0.717, 1.165) is 22.3 Å². The Bertz CT molecular complexity index is 1320. The van der Waals surface area contributed by atoms with E-state index in [4.69, 9.17) is 16.7 Å². The van der Waals surface area contributed by atoms with Gasteiger partial charge in [0.05, 0.1) is 22.1 Å². The molecule has 2 heterocycles. The van der Waals surface area contributed by atoms with Gasteiger partial charge in [0.2, 0.25) is 5.91 Å². The van der Waals surface area contributed by atoms with Gasteiger partial charge in [0, 0.05) is 11.5 Å². The zero-order valence-electron chi connectivity index (χ0n) is 17.6. The highest BCUT2D eigenvalue weighted by molar-refractivity contribution is 6.33. The standard InChI is InChI=1S/C24H23ClN4O2/c1-4-20(23(31)26-19-13-9-8-12-18(19)25)28-21(30)14-15(2)22-16(3)27-29(24(22)28)17-10-6-5-7-11-17/h5-14,20H,4H2,1-3H3,(H,26,31). The number of aryl methyl sites for hydroxylation is 2. The number of nitrogens with one attached hydrogen (secondary N) is 1. The maximum absolute atomic E-state index is 13.3. The average Bonchev–Trinajstić information content (AvgIpc) is 3.10. The van der Waals surface area contributed by atoms with Crippen LogP contribution in [0, 0.1) is 13.8 Å². The van der Waals surface area contributed by atoms with Gasteiger partial charge in [-0.15, -0.1) is 0 Å². The molecule has 4 rings (SSSR count). The summed E-state index contributed by atoms with van der Waals surface area (Å²) < 4.78 is 3.28. The lowest BCUT2D eigenvalue weighted by Gasteiger charge is -2.21. The third-order valence-electron chi connectivity index (χ3n) is 5.37. The van der Waals surface area contributed by atoms with E-state index in [1.165, 1.54) is 0 Å². The van der Waals surface area contributed by atoms with Crippen molar-refractivity contribution < 1.29 is 4.79 Å². The van der Waals surface area contributed by atoms with E-state index in [9.17, 15) is 9.59 Å². The Labute approximate surface area is 185 Å². The molecule has 1 N–H and O–H groups in total. The number of amides is 1. The first kappa shape index (κ1) is 20.9. The number of anilines is 1. The molecular formula is C24H23ClN4O2. The normalized spacial score (nSPS) is 12.1. The Balaban J connectivity index is 1.92. The number of aromatic nitrogens is 3. The number of carbonyl (C=O) groups is 1. The summed E-state index contributed by atoms with van der Waals surface area (Å²) in [7, 11) is 0. The Morgan fingerprint density at radius 1 is 1.10 bits per heavy atom. The molecular weight excluding hydrogens is 412 g/mol. The number of nitrogens with zero attached hydrogens (tertiary/aromatic N) is 3. The van der Waals surface area contributed by atoms with Crippen molar-refractivity contribution in [3.63, 3.8) is 0 Å². The minimum Gasteiger partial charge on any atom is -0.323 e. The van der Waals surface area contributed by atoms with Gasteiger partial charge in [0.25, 0.3) is 5.56 Å². The topological polar surface area (TPSA) is 68.9 Å². The third-order valence-corrected chi connectivity index (χ3v) is 5.70. The summed E-state index contributed by atoms with van der Waals surface area (Å²) in [6.45, 7) is 5.68. The molecule has 0 radical (unpaired) electrons. The van der Waals surface area contributed by atoms with Crippen LogP contribution in [0.15, 0.2) is 65.5 Å². The highest BCUT2D eigenvalue weighted by Crippen LogP contribution is 2.28. The summed E-state index contributed by atoms with van der Waals surface area (Å²) in [6.07, 6.45) is 0.424. The molecule has 4 aromatic rings. The van der Waals surface area contributed by atoms with E-state index < -0.39 is 6.04 Å². The molecule has 31 heavy (non-hydrogen) atoms. The van der Waals surface area contributed by atoms with Crippen LogP contribution < -0.4 is 10.9 Å². The minimum atomic E-state index is -0.731. The largest absolute Gasteiger partial charge is 0.323 e.